The van der Waals surface area contributed by atoms with Gasteiger partial charge in [0.15, 0.2) is 0 Å². The Kier molecular flexibility index (Phi) is 6.05. The van der Waals surface area contributed by atoms with Crippen molar-refractivity contribution in [3.63, 3.8) is 0 Å². The minimum Gasteiger partial charge on any atom is -0.465 e. The number of esters is 1. The number of halogens is 1. The summed E-state index contributed by atoms with van der Waals surface area (Å²) in [6.45, 7) is 0. The Morgan fingerprint density at radius 2 is 1.68 bits per heavy atom. The van der Waals surface area contributed by atoms with Gasteiger partial charge in [-0.3, -0.25) is 4.79 Å². The monoisotopic (exact) mass is 390 g/mol. The van der Waals surface area contributed by atoms with Gasteiger partial charge in [-0.05, 0) is 48.5 Å². The number of hydrogen-bond acceptors (Lipinski definition) is 4. The van der Waals surface area contributed by atoms with E-state index in [4.69, 9.17) is 16.3 Å². The van der Waals surface area contributed by atoms with Crippen molar-refractivity contribution in [2.45, 2.75) is 0 Å². The molecule has 0 spiro atoms. The molecule has 3 aromatic rings. The molecule has 2 aromatic carbocycles. The largest absolute Gasteiger partial charge is 0.465 e. The Labute approximate surface area is 167 Å². The van der Waals surface area contributed by atoms with Crippen LogP contribution in [0.2, 0.25) is 5.15 Å². The van der Waals surface area contributed by atoms with Crippen LogP contribution in [0.15, 0.2) is 66.9 Å². The van der Waals surface area contributed by atoms with E-state index in [-0.39, 0.29) is 5.91 Å². The summed E-state index contributed by atoms with van der Waals surface area (Å²) < 4.78 is 4.71. The van der Waals surface area contributed by atoms with E-state index in [2.05, 4.69) is 22.1 Å². The third-order valence-electron chi connectivity index (χ3n) is 3.74. The molecule has 1 N–H and O–H groups in total. The van der Waals surface area contributed by atoms with E-state index in [0.29, 0.717) is 27.5 Å². The molecule has 1 aromatic heterocycles. The molecule has 6 heteroatoms. The molecule has 0 radical (unpaired) electrons. The first-order chi connectivity index (χ1) is 13.5. The summed E-state index contributed by atoms with van der Waals surface area (Å²) in [5.74, 6) is 5.32. The maximum absolute atomic E-state index is 12.3. The first-order valence-corrected chi connectivity index (χ1v) is 8.66. The van der Waals surface area contributed by atoms with Gasteiger partial charge in [0.05, 0.1) is 18.2 Å². The van der Waals surface area contributed by atoms with Crippen molar-refractivity contribution in [2.24, 2.45) is 0 Å². The van der Waals surface area contributed by atoms with Gasteiger partial charge in [0, 0.05) is 23.0 Å². The van der Waals surface area contributed by atoms with E-state index < -0.39 is 5.97 Å². The first-order valence-electron chi connectivity index (χ1n) is 8.28. The average molecular weight is 391 g/mol. The zero-order chi connectivity index (χ0) is 19.9. The van der Waals surface area contributed by atoms with E-state index in [1.165, 1.54) is 13.3 Å². The molecular weight excluding hydrogens is 376 g/mol. The molecule has 0 saturated carbocycles. The zero-order valence-corrected chi connectivity index (χ0v) is 15.7. The van der Waals surface area contributed by atoms with Crippen LogP contribution in [-0.4, -0.2) is 24.0 Å². The van der Waals surface area contributed by atoms with Gasteiger partial charge in [-0.15, -0.1) is 0 Å². The fourth-order valence-electron chi connectivity index (χ4n) is 2.37. The minimum absolute atomic E-state index is 0.292. The molecule has 1 heterocycles. The SMILES string of the molecule is COC(=O)c1cccc(C#Cc2cccc(NC(=O)c3ccc(Cl)nc3)c2)c1. The second-order valence-electron chi connectivity index (χ2n) is 5.73. The predicted octanol–water partition coefficient (Wildman–Crippen LogP) is 4.17. The van der Waals surface area contributed by atoms with Crippen molar-refractivity contribution in [2.75, 3.05) is 12.4 Å². The molecule has 0 fully saturated rings. The molecule has 0 saturated heterocycles. The van der Waals surface area contributed by atoms with Crippen LogP contribution in [0.25, 0.3) is 0 Å². The highest BCUT2D eigenvalue weighted by molar-refractivity contribution is 6.29. The van der Waals surface area contributed by atoms with Crippen LogP contribution in [0.3, 0.4) is 0 Å². The summed E-state index contributed by atoms with van der Waals surface area (Å²) in [5.41, 5.74) is 2.85. The van der Waals surface area contributed by atoms with E-state index in [0.717, 1.165) is 5.56 Å². The number of hydrogen-bond donors (Lipinski definition) is 1. The van der Waals surface area contributed by atoms with Crippen molar-refractivity contribution < 1.29 is 14.3 Å². The van der Waals surface area contributed by atoms with E-state index in [9.17, 15) is 9.59 Å². The molecule has 0 aliphatic carbocycles. The second kappa shape index (κ2) is 8.85. The number of pyridine rings is 1. The standard InChI is InChI=1S/C22H15ClN2O3/c1-28-22(27)17-6-2-4-15(12-17)8-9-16-5-3-7-19(13-16)25-21(26)18-10-11-20(23)24-14-18/h2-7,10-14H,1H3,(H,25,26). The fraction of sp³-hybridized carbons (Fsp3) is 0.0455. The molecule has 0 aliphatic rings. The molecule has 0 aliphatic heterocycles. The lowest BCUT2D eigenvalue weighted by Crippen LogP contribution is -2.12. The van der Waals surface area contributed by atoms with E-state index in [1.54, 1.807) is 54.6 Å². The lowest BCUT2D eigenvalue weighted by atomic mass is 10.1. The zero-order valence-electron chi connectivity index (χ0n) is 14.9. The molecule has 0 bridgehead atoms. The van der Waals surface area contributed by atoms with Gasteiger partial charge in [0.25, 0.3) is 5.91 Å². The number of amides is 1. The summed E-state index contributed by atoms with van der Waals surface area (Å²) >= 11 is 5.73. The molecular formula is C22H15ClN2O3. The normalized spacial score (nSPS) is 9.79. The highest BCUT2D eigenvalue weighted by atomic mass is 35.5. The lowest BCUT2D eigenvalue weighted by molar-refractivity contribution is 0.0600. The number of benzene rings is 2. The average Bonchev–Trinajstić information content (AvgIpc) is 2.72. The lowest BCUT2D eigenvalue weighted by Gasteiger charge is -2.05. The number of anilines is 1. The van der Waals surface area contributed by atoms with Crippen LogP contribution >= 0.6 is 11.6 Å². The van der Waals surface area contributed by atoms with Crippen molar-refractivity contribution in [1.82, 2.24) is 4.98 Å². The van der Waals surface area contributed by atoms with Crippen molar-refractivity contribution in [1.29, 1.82) is 0 Å². The summed E-state index contributed by atoms with van der Waals surface area (Å²) in [7, 11) is 1.33. The van der Waals surface area contributed by atoms with Gasteiger partial charge < -0.3 is 10.1 Å². The van der Waals surface area contributed by atoms with E-state index in [1.807, 2.05) is 6.07 Å². The maximum Gasteiger partial charge on any atom is 0.337 e. The number of ether oxygens (including phenoxy) is 1. The molecule has 28 heavy (non-hydrogen) atoms. The predicted molar refractivity (Wildman–Crippen MR) is 107 cm³/mol. The smallest absolute Gasteiger partial charge is 0.337 e. The van der Waals surface area contributed by atoms with Crippen molar-refractivity contribution >= 4 is 29.2 Å². The third kappa shape index (κ3) is 4.97. The number of rotatable bonds is 3. The van der Waals surface area contributed by atoms with E-state index >= 15 is 0 Å². The maximum atomic E-state index is 12.3. The molecule has 138 valence electrons. The van der Waals surface area contributed by atoms with Gasteiger partial charge >= 0.3 is 5.97 Å². The topological polar surface area (TPSA) is 68.3 Å². The molecule has 0 atom stereocenters. The Morgan fingerprint density at radius 1 is 0.964 bits per heavy atom. The van der Waals surface area contributed by atoms with Crippen LogP contribution in [0, 0.1) is 11.8 Å². The van der Waals surface area contributed by atoms with Gasteiger partial charge in [0.2, 0.25) is 0 Å². The quantitative estimate of drug-likeness (QED) is 0.414. The Balaban J connectivity index is 1.76. The fourth-order valence-corrected chi connectivity index (χ4v) is 2.49. The third-order valence-corrected chi connectivity index (χ3v) is 3.97. The van der Waals surface area contributed by atoms with Gasteiger partial charge in [0.1, 0.15) is 5.15 Å². The Hall–Kier alpha value is -3.62. The summed E-state index contributed by atoms with van der Waals surface area (Å²) in [6.07, 6.45) is 1.41. The number of methoxy groups -OCH3 is 1. The summed E-state index contributed by atoms with van der Waals surface area (Å²) in [6, 6.07) is 17.2. The Morgan fingerprint density at radius 3 is 2.36 bits per heavy atom. The van der Waals surface area contributed by atoms with Crippen LogP contribution in [0.1, 0.15) is 31.8 Å². The number of carbonyl (C=O) groups excluding carboxylic acids is 2. The van der Waals surface area contributed by atoms with Gasteiger partial charge in [-0.25, -0.2) is 9.78 Å². The summed E-state index contributed by atoms with van der Waals surface area (Å²) in [5, 5.41) is 3.12. The minimum atomic E-state index is -0.412. The van der Waals surface area contributed by atoms with Crippen LogP contribution in [-0.2, 0) is 4.74 Å². The highest BCUT2D eigenvalue weighted by Gasteiger charge is 2.07. The Bertz CT molecular complexity index is 1080. The number of aromatic nitrogens is 1. The second-order valence-corrected chi connectivity index (χ2v) is 6.11. The number of nitrogens with zero attached hydrogens (tertiary/aromatic N) is 1. The van der Waals surface area contributed by atoms with Crippen LogP contribution < -0.4 is 5.32 Å². The van der Waals surface area contributed by atoms with Crippen molar-refractivity contribution in [3.05, 3.63) is 94.3 Å². The highest BCUT2D eigenvalue weighted by Crippen LogP contribution is 2.13. The molecule has 5 nitrogen and oxygen atoms in total. The first kappa shape index (κ1) is 19.2. The summed E-state index contributed by atoms with van der Waals surface area (Å²) in [4.78, 5) is 27.8. The van der Waals surface area contributed by atoms with Crippen LogP contribution in [0.5, 0.6) is 0 Å². The number of carbonyl (C=O) groups is 2. The molecule has 3 rings (SSSR count). The number of nitrogens with one attached hydrogen (secondary N) is 1. The van der Waals surface area contributed by atoms with Gasteiger partial charge in [-0.1, -0.05) is 35.6 Å². The molecule has 0 unspecified atom stereocenters. The van der Waals surface area contributed by atoms with Gasteiger partial charge in [-0.2, -0.15) is 0 Å². The van der Waals surface area contributed by atoms with Crippen LogP contribution in [0.4, 0.5) is 5.69 Å². The van der Waals surface area contributed by atoms with Crippen molar-refractivity contribution in [3.8, 4) is 11.8 Å². The molecule has 1 amide bonds.